The second kappa shape index (κ2) is 4.00. The average molecular weight is 207 g/mol. The molecule has 4 heteroatoms. The van der Waals surface area contributed by atoms with Crippen LogP contribution in [0.1, 0.15) is 0 Å². The topological polar surface area (TPSA) is 72.6 Å². The van der Waals surface area contributed by atoms with Gasteiger partial charge in [-0.25, -0.2) is 0 Å². The van der Waals surface area contributed by atoms with Crippen molar-refractivity contribution < 1.29 is 14.6 Å². The number of hydrogen-bond acceptors (Lipinski definition) is 4. The molecule has 0 saturated carbocycles. The molecule has 15 heavy (non-hydrogen) atoms. The van der Waals surface area contributed by atoms with E-state index in [9.17, 15) is 4.79 Å². The highest BCUT2D eigenvalue weighted by Crippen LogP contribution is 2.32. The maximum atomic E-state index is 11.5. The first-order valence-corrected chi connectivity index (χ1v) is 4.86. The molecule has 0 amide bonds. The maximum Gasteiger partial charge on any atom is 0.173 e. The molecular weight excluding hydrogens is 194 g/mol. The van der Waals surface area contributed by atoms with Gasteiger partial charge in [0.05, 0.1) is 6.54 Å². The molecule has 3 N–H and O–H groups in total. The summed E-state index contributed by atoms with van der Waals surface area (Å²) < 4.78 is 5.43. The van der Waals surface area contributed by atoms with Crippen molar-refractivity contribution in [1.82, 2.24) is 0 Å². The van der Waals surface area contributed by atoms with E-state index < -0.39 is 0 Å². The Balaban J connectivity index is 2.25. The molecule has 0 saturated heterocycles. The monoisotopic (exact) mass is 207 g/mol. The number of allylic oxidation sites excluding steroid dienone is 2. The van der Waals surface area contributed by atoms with Crippen LogP contribution in [-0.2, 0) is 9.53 Å². The zero-order chi connectivity index (χ0) is 10.8. The van der Waals surface area contributed by atoms with Gasteiger partial charge in [-0.1, -0.05) is 12.2 Å². The number of ketones is 1. The van der Waals surface area contributed by atoms with Crippen LogP contribution >= 0.6 is 0 Å². The summed E-state index contributed by atoms with van der Waals surface area (Å²) in [6, 6.07) is 0. The molecule has 4 nitrogen and oxygen atoms in total. The lowest BCUT2D eigenvalue weighted by Crippen LogP contribution is -2.27. The van der Waals surface area contributed by atoms with Gasteiger partial charge in [0.1, 0.15) is 18.5 Å². The molecule has 2 rings (SSSR count). The number of fused-ring (bicyclic) bond motifs is 1. The van der Waals surface area contributed by atoms with E-state index in [4.69, 9.17) is 15.6 Å². The predicted octanol–water partition coefficient (Wildman–Crippen LogP) is -0.0984. The number of carbonyl (C=O) groups is 1. The van der Waals surface area contributed by atoms with E-state index in [0.717, 1.165) is 0 Å². The molecule has 0 radical (unpaired) electrons. The first-order valence-electron chi connectivity index (χ1n) is 4.86. The Hall–Kier alpha value is -1.39. The zero-order valence-electron chi connectivity index (χ0n) is 8.22. The lowest BCUT2D eigenvalue weighted by Gasteiger charge is -2.20. The number of carbonyl (C=O) groups excluding carboxylic acids is 1. The van der Waals surface area contributed by atoms with Gasteiger partial charge in [-0.2, -0.15) is 0 Å². The van der Waals surface area contributed by atoms with Crippen molar-refractivity contribution >= 4 is 5.78 Å². The molecule has 0 aromatic carbocycles. The van der Waals surface area contributed by atoms with Crippen LogP contribution in [0.4, 0.5) is 0 Å². The minimum absolute atomic E-state index is 0.00515. The van der Waals surface area contributed by atoms with E-state index in [1.807, 2.05) is 6.08 Å². The van der Waals surface area contributed by atoms with Crippen molar-refractivity contribution in [2.45, 2.75) is 6.10 Å². The fourth-order valence-electron chi connectivity index (χ4n) is 1.87. The third kappa shape index (κ3) is 1.73. The smallest absolute Gasteiger partial charge is 0.173 e. The fraction of sp³-hybridized carbons (Fsp3) is 0.364. The van der Waals surface area contributed by atoms with Crippen LogP contribution in [0, 0.1) is 5.92 Å². The first-order chi connectivity index (χ1) is 7.26. The molecule has 2 unspecified atom stereocenters. The number of Topliss-reactive ketones (excluding diaryl/α,β-unsaturated/α-hetero) is 1. The Kier molecular flexibility index (Phi) is 2.70. The van der Waals surface area contributed by atoms with Crippen molar-refractivity contribution in [3.63, 3.8) is 0 Å². The Morgan fingerprint density at radius 1 is 1.60 bits per heavy atom. The largest absolute Gasteiger partial charge is 0.488 e. The second-order valence-corrected chi connectivity index (χ2v) is 3.53. The summed E-state index contributed by atoms with van der Waals surface area (Å²) in [6.45, 7) is -0.129. The summed E-state index contributed by atoms with van der Waals surface area (Å²) in [5.41, 5.74) is 5.99. The van der Waals surface area contributed by atoms with Crippen molar-refractivity contribution in [2.75, 3.05) is 13.2 Å². The molecule has 0 aromatic rings. The van der Waals surface area contributed by atoms with E-state index in [1.165, 1.54) is 0 Å². The van der Waals surface area contributed by atoms with Gasteiger partial charge in [0.25, 0.3) is 0 Å². The van der Waals surface area contributed by atoms with Crippen LogP contribution in [0.5, 0.6) is 0 Å². The number of aliphatic hydroxyl groups is 1. The van der Waals surface area contributed by atoms with Gasteiger partial charge in [-0.15, -0.1) is 0 Å². The van der Waals surface area contributed by atoms with E-state index in [1.54, 1.807) is 18.2 Å². The molecule has 1 aliphatic heterocycles. The van der Waals surface area contributed by atoms with Crippen LogP contribution in [0.2, 0.25) is 0 Å². The highest BCUT2D eigenvalue weighted by atomic mass is 16.5. The minimum atomic E-state index is -0.164. The highest BCUT2D eigenvalue weighted by molar-refractivity contribution is 5.98. The first kappa shape index (κ1) is 10.1. The van der Waals surface area contributed by atoms with E-state index in [-0.39, 0.29) is 31.0 Å². The Bertz CT molecular complexity index is 368. The highest BCUT2D eigenvalue weighted by Gasteiger charge is 2.33. The number of rotatable bonds is 3. The van der Waals surface area contributed by atoms with Crippen LogP contribution < -0.4 is 5.73 Å². The summed E-state index contributed by atoms with van der Waals surface area (Å²) >= 11 is 0. The van der Waals surface area contributed by atoms with Crippen LogP contribution in [0.25, 0.3) is 0 Å². The van der Waals surface area contributed by atoms with Crippen molar-refractivity contribution in [1.29, 1.82) is 0 Å². The maximum absolute atomic E-state index is 11.5. The molecule has 0 fully saturated rings. The number of aliphatic hydroxyl groups excluding tert-OH is 1. The van der Waals surface area contributed by atoms with Gasteiger partial charge < -0.3 is 15.6 Å². The zero-order valence-corrected chi connectivity index (χ0v) is 8.22. The van der Waals surface area contributed by atoms with Gasteiger partial charge >= 0.3 is 0 Å². The van der Waals surface area contributed by atoms with Crippen LogP contribution in [0.15, 0.2) is 35.6 Å². The summed E-state index contributed by atoms with van der Waals surface area (Å²) in [5.74, 6) is 0.355. The van der Waals surface area contributed by atoms with E-state index in [2.05, 4.69) is 0 Å². The normalized spacial score (nSPS) is 27.9. The molecule has 1 heterocycles. The molecular formula is C11H13NO3. The Morgan fingerprint density at radius 3 is 3.07 bits per heavy atom. The van der Waals surface area contributed by atoms with E-state index >= 15 is 0 Å². The Morgan fingerprint density at radius 2 is 2.40 bits per heavy atom. The van der Waals surface area contributed by atoms with Crippen molar-refractivity contribution in [3.8, 4) is 0 Å². The second-order valence-electron chi connectivity index (χ2n) is 3.53. The summed E-state index contributed by atoms with van der Waals surface area (Å²) in [7, 11) is 0. The van der Waals surface area contributed by atoms with Gasteiger partial charge in [-0.05, 0) is 12.2 Å². The average Bonchev–Trinajstić information content (AvgIpc) is 2.70. The van der Waals surface area contributed by atoms with Crippen molar-refractivity contribution in [2.24, 2.45) is 11.7 Å². The van der Waals surface area contributed by atoms with Gasteiger partial charge in [0.2, 0.25) is 0 Å². The van der Waals surface area contributed by atoms with E-state index in [0.29, 0.717) is 11.3 Å². The molecule has 80 valence electrons. The van der Waals surface area contributed by atoms with Gasteiger partial charge in [0, 0.05) is 11.5 Å². The number of ether oxygens (including phenoxy) is 1. The van der Waals surface area contributed by atoms with Crippen molar-refractivity contribution in [3.05, 3.63) is 35.6 Å². The summed E-state index contributed by atoms with van der Waals surface area (Å²) in [4.78, 5) is 11.5. The van der Waals surface area contributed by atoms with Gasteiger partial charge in [0.15, 0.2) is 5.78 Å². The summed E-state index contributed by atoms with van der Waals surface area (Å²) in [6.07, 6.45) is 7.04. The van der Waals surface area contributed by atoms with Gasteiger partial charge in [-0.3, -0.25) is 4.79 Å². The molecule has 0 aromatic heterocycles. The third-order valence-corrected chi connectivity index (χ3v) is 2.61. The molecule has 2 atom stereocenters. The molecule has 0 spiro atoms. The summed E-state index contributed by atoms with van der Waals surface area (Å²) in [5, 5.41) is 8.95. The lowest BCUT2D eigenvalue weighted by molar-refractivity contribution is -0.114. The SMILES string of the molecule is NCC(=O)C1=CC=CC2OC(CO)=CC12. The predicted molar refractivity (Wildman–Crippen MR) is 54.8 cm³/mol. The molecule has 2 aliphatic rings. The number of hydrogen-bond donors (Lipinski definition) is 2. The fourth-order valence-corrected chi connectivity index (χ4v) is 1.87. The third-order valence-electron chi connectivity index (χ3n) is 2.61. The molecule has 0 bridgehead atoms. The quantitative estimate of drug-likeness (QED) is 0.678. The lowest BCUT2D eigenvalue weighted by atomic mass is 9.87. The minimum Gasteiger partial charge on any atom is -0.488 e. The van der Waals surface area contributed by atoms with Crippen LogP contribution in [0.3, 0.4) is 0 Å². The standard InChI is InChI=1S/C11H13NO3/c12-5-10(14)8-2-1-3-11-9(8)4-7(6-13)15-11/h1-4,9,11,13H,5-6,12H2. The number of nitrogens with two attached hydrogens (primary N) is 1. The van der Waals surface area contributed by atoms with Crippen LogP contribution in [-0.4, -0.2) is 30.1 Å². The Labute approximate surface area is 87.7 Å². The molecule has 1 aliphatic carbocycles.